The first-order chi connectivity index (χ1) is 12.9. The van der Waals surface area contributed by atoms with Crippen molar-refractivity contribution in [2.24, 2.45) is 5.92 Å². The fourth-order valence-corrected chi connectivity index (χ4v) is 4.24. The zero-order valence-corrected chi connectivity index (χ0v) is 16.7. The van der Waals surface area contributed by atoms with Gasteiger partial charge in [-0.1, -0.05) is 25.1 Å². The second-order valence-corrected chi connectivity index (χ2v) is 9.00. The molecule has 1 amide bonds. The third-order valence-electron chi connectivity index (χ3n) is 4.84. The first-order valence-corrected chi connectivity index (χ1v) is 10.8. The lowest BCUT2D eigenvalue weighted by atomic mass is 10.2. The van der Waals surface area contributed by atoms with Crippen LogP contribution in [0.2, 0.25) is 0 Å². The summed E-state index contributed by atoms with van der Waals surface area (Å²) < 4.78 is 26.9. The molecule has 0 atom stereocenters. The third kappa shape index (κ3) is 4.50. The minimum Gasteiger partial charge on any atom is -0.338 e. The summed E-state index contributed by atoms with van der Waals surface area (Å²) in [6, 6.07) is 15.2. The summed E-state index contributed by atoms with van der Waals surface area (Å²) in [5, 5.41) is 0. The van der Waals surface area contributed by atoms with Gasteiger partial charge in [0.05, 0.1) is 10.6 Å². The van der Waals surface area contributed by atoms with E-state index in [4.69, 9.17) is 0 Å². The Morgan fingerprint density at radius 3 is 2.22 bits per heavy atom. The number of carbonyl (C=O) groups is 1. The number of para-hydroxylation sites is 1. The van der Waals surface area contributed by atoms with Gasteiger partial charge in [0.1, 0.15) is 0 Å². The second-order valence-electron chi connectivity index (χ2n) is 7.03. The lowest BCUT2D eigenvalue weighted by Gasteiger charge is -2.22. The third-order valence-corrected chi connectivity index (χ3v) is 6.64. The predicted octanol–water partition coefficient (Wildman–Crippen LogP) is 3.77. The Morgan fingerprint density at radius 2 is 1.67 bits per heavy atom. The molecule has 2 aromatic carbocycles. The van der Waals surface area contributed by atoms with Gasteiger partial charge in [-0.3, -0.25) is 9.10 Å². The van der Waals surface area contributed by atoms with Gasteiger partial charge in [0.15, 0.2) is 0 Å². The van der Waals surface area contributed by atoms with Crippen LogP contribution in [0.3, 0.4) is 0 Å². The van der Waals surface area contributed by atoms with E-state index in [0.717, 1.165) is 19.5 Å². The van der Waals surface area contributed by atoms with Crippen LogP contribution in [-0.2, 0) is 10.0 Å². The Bertz CT molecular complexity index is 875. The molecule has 0 unspecified atom stereocenters. The molecular weight excluding hydrogens is 360 g/mol. The molecule has 0 heterocycles. The molecule has 0 spiro atoms. The monoisotopic (exact) mass is 386 g/mol. The number of hydrogen-bond acceptors (Lipinski definition) is 3. The van der Waals surface area contributed by atoms with E-state index >= 15 is 0 Å². The van der Waals surface area contributed by atoms with Crippen molar-refractivity contribution in [3.8, 4) is 0 Å². The molecule has 2 aromatic rings. The zero-order valence-electron chi connectivity index (χ0n) is 15.8. The van der Waals surface area contributed by atoms with E-state index < -0.39 is 10.0 Å². The summed E-state index contributed by atoms with van der Waals surface area (Å²) in [5.41, 5.74) is 1.13. The fourth-order valence-electron chi connectivity index (χ4n) is 3.04. The summed E-state index contributed by atoms with van der Waals surface area (Å²) in [7, 11) is -2.14. The minimum absolute atomic E-state index is 0.0240. The van der Waals surface area contributed by atoms with Crippen LogP contribution in [0.15, 0.2) is 59.5 Å². The number of sulfonamides is 1. The summed E-state index contributed by atoms with van der Waals surface area (Å²) in [6.45, 7) is 3.58. The highest BCUT2D eigenvalue weighted by Gasteiger charge is 2.27. The zero-order chi connectivity index (χ0) is 19.4. The Hall–Kier alpha value is -2.34. The average Bonchev–Trinajstić information content (AvgIpc) is 3.51. The molecule has 1 fully saturated rings. The maximum Gasteiger partial charge on any atom is 0.264 e. The van der Waals surface area contributed by atoms with Gasteiger partial charge in [0.25, 0.3) is 15.9 Å². The topological polar surface area (TPSA) is 57.7 Å². The van der Waals surface area contributed by atoms with Crippen LogP contribution in [0, 0.1) is 5.92 Å². The van der Waals surface area contributed by atoms with Crippen LogP contribution in [0.4, 0.5) is 5.69 Å². The number of rotatable bonds is 8. The van der Waals surface area contributed by atoms with Crippen LogP contribution in [0.25, 0.3) is 0 Å². The van der Waals surface area contributed by atoms with Crippen molar-refractivity contribution < 1.29 is 13.2 Å². The maximum absolute atomic E-state index is 12.8. The van der Waals surface area contributed by atoms with E-state index in [1.165, 1.54) is 36.3 Å². The molecule has 1 saturated carbocycles. The number of benzene rings is 2. The summed E-state index contributed by atoms with van der Waals surface area (Å²) in [6.07, 6.45) is 3.29. The summed E-state index contributed by atoms with van der Waals surface area (Å²) in [4.78, 5) is 14.8. The van der Waals surface area contributed by atoms with E-state index in [0.29, 0.717) is 17.2 Å². The van der Waals surface area contributed by atoms with Crippen molar-refractivity contribution in [1.29, 1.82) is 0 Å². The van der Waals surface area contributed by atoms with E-state index in [1.54, 1.807) is 36.4 Å². The Kier molecular flexibility index (Phi) is 5.85. The van der Waals surface area contributed by atoms with Crippen molar-refractivity contribution >= 4 is 21.6 Å². The normalized spacial score (nSPS) is 14.0. The summed E-state index contributed by atoms with van der Waals surface area (Å²) in [5.74, 6) is 0.601. The minimum atomic E-state index is -3.67. The van der Waals surface area contributed by atoms with Gasteiger partial charge in [-0.25, -0.2) is 8.42 Å². The van der Waals surface area contributed by atoms with Gasteiger partial charge < -0.3 is 4.90 Å². The van der Waals surface area contributed by atoms with Gasteiger partial charge in [0.2, 0.25) is 0 Å². The highest BCUT2D eigenvalue weighted by atomic mass is 32.2. The number of amides is 1. The molecular formula is C21H26N2O3S. The first kappa shape index (κ1) is 19.4. The highest BCUT2D eigenvalue weighted by Crippen LogP contribution is 2.30. The molecule has 27 heavy (non-hydrogen) atoms. The van der Waals surface area contributed by atoms with E-state index in [2.05, 4.69) is 6.92 Å². The van der Waals surface area contributed by atoms with Gasteiger partial charge in [-0.15, -0.1) is 0 Å². The van der Waals surface area contributed by atoms with Crippen LogP contribution in [-0.4, -0.2) is 39.4 Å². The molecule has 0 aliphatic heterocycles. The molecule has 0 N–H and O–H groups in total. The highest BCUT2D eigenvalue weighted by molar-refractivity contribution is 7.92. The van der Waals surface area contributed by atoms with Crippen LogP contribution in [0.5, 0.6) is 0 Å². The standard InChI is InChI=1S/C21H26N2O3S/c1-3-15-23(16-17-9-10-17)21(24)18-11-13-20(14-12-18)27(25,26)22(2)19-7-5-4-6-8-19/h4-8,11-14,17H,3,9-10,15-16H2,1-2H3. The molecule has 1 aliphatic rings. The largest absolute Gasteiger partial charge is 0.338 e. The van der Waals surface area contributed by atoms with Gasteiger partial charge in [-0.05, 0) is 61.6 Å². The number of nitrogens with zero attached hydrogens (tertiary/aromatic N) is 2. The van der Waals surface area contributed by atoms with E-state index in [1.807, 2.05) is 11.0 Å². The molecule has 5 nitrogen and oxygen atoms in total. The molecule has 0 radical (unpaired) electrons. The molecule has 0 bridgehead atoms. The van der Waals surface area contributed by atoms with Gasteiger partial charge in [0, 0.05) is 25.7 Å². The van der Waals surface area contributed by atoms with Crippen LogP contribution in [0.1, 0.15) is 36.5 Å². The van der Waals surface area contributed by atoms with Crippen LogP contribution >= 0.6 is 0 Å². The quantitative estimate of drug-likeness (QED) is 0.694. The first-order valence-electron chi connectivity index (χ1n) is 9.36. The Morgan fingerprint density at radius 1 is 1.04 bits per heavy atom. The molecule has 1 aliphatic carbocycles. The van der Waals surface area contributed by atoms with Crippen LogP contribution < -0.4 is 4.31 Å². The van der Waals surface area contributed by atoms with Crippen molar-refractivity contribution in [2.45, 2.75) is 31.1 Å². The fraction of sp³-hybridized carbons (Fsp3) is 0.381. The molecule has 0 aromatic heterocycles. The SMILES string of the molecule is CCCN(CC1CC1)C(=O)c1ccc(S(=O)(=O)N(C)c2ccccc2)cc1. The average molecular weight is 387 g/mol. The number of carbonyl (C=O) groups excluding carboxylic acids is 1. The lowest BCUT2D eigenvalue weighted by Crippen LogP contribution is -2.33. The summed E-state index contributed by atoms with van der Waals surface area (Å²) >= 11 is 0. The predicted molar refractivity (Wildman–Crippen MR) is 107 cm³/mol. The number of hydrogen-bond donors (Lipinski definition) is 0. The van der Waals surface area contributed by atoms with Gasteiger partial charge >= 0.3 is 0 Å². The number of anilines is 1. The molecule has 6 heteroatoms. The van der Waals surface area contributed by atoms with E-state index in [-0.39, 0.29) is 10.8 Å². The van der Waals surface area contributed by atoms with Crippen molar-refractivity contribution in [3.05, 3.63) is 60.2 Å². The van der Waals surface area contributed by atoms with Crippen molar-refractivity contribution in [2.75, 3.05) is 24.4 Å². The van der Waals surface area contributed by atoms with Gasteiger partial charge in [-0.2, -0.15) is 0 Å². The maximum atomic E-state index is 12.8. The van der Waals surface area contributed by atoms with Crippen molar-refractivity contribution in [1.82, 2.24) is 4.90 Å². The molecule has 0 saturated heterocycles. The second kappa shape index (κ2) is 8.13. The Labute approximate surface area is 161 Å². The Balaban J connectivity index is 1.78. The molecule has 3 rings (SSSR count). The lowest BCUT2D eigenvalue weighted by molar-refractivity contribution is 0.0747. The smallest absolute Gasteiger partial charge is 0.264 e. The van der Waals surface area contributed by atoms with Crippen molar-refractivity contribution in [3.63, 3.8) is 0 Å². The van der Waals surface area contributed by atoms with E-state index in [9.17, 15) is 13.2 Å². The molecule has 144 valence electrons.